The maximum absolute atomic E-state index is 12.7. The van der Waals surface area contributed by atoms with Gasteiger partial charge in [0.05, 0.1) is 11.4 Å². The summed E-state index contributed by atoms with van der Waals surface area (Å²) in [5, 5.41) is 3.74. The molecular weight excluding hydrogens is 396 g/mol. The summed E-state index contributed by atoms with van der Waals surface area (Å²) < 4.78 is 0. The first-order valence-corrected chi connectivity index (χ1v) is 11.0. The second kappa shape index (κ2) is 9.32. The number of rotatable bonds is 5. The van der Waals surface area contributed by atoms with E-state index in [-0.39, 0.29) is 5.91 Å². The number of thiazole rings is 1. The number of nitrogens with one attached hydrogen (secondary N) is 1. The number of hydrogen-bond acceptors (Lipinski definition) is 7. The smallest absolute Gasteiger partial charge is 0.263 e. The van der Waals surface area contributed by atoms with Crippen molar-refractivity contribution >= 4 is 23.1 Å². The van der Waals surface area contributed by atoms with Crippen LogP contribution in [0.2, 0.25) is 0 Å². The number of amides is 1. The Labute approximate surface area is 180 Å². The molecule has 0 radical (unpaired) electrons. The highest BCUT2D eigenvalue weighted by molar-refractivity contribution is 7.17. The van der Waals surface area contributed by atoms with Crippen molar-refractivity contribution < 1.29 is 4.79 Å². The van der Waals surface area contributed by atoms with Gasteiger partial charge in [-0.3, -0.25) is 9.78 Å². The molecule has 1 aliphatic heterocycles. The quantitative estimate of drug-likeness (QED) is 0.681. The van der Waals surface area contributed by atoms with Crippen molar-refractivity contribution in [3.05, 3.63) is 58.9 Å². The van der Waals surface area contributed by atoms with Crippen molar-refractivity contribution in [2.75, 3.05) is 38.1 Å². The van der Waals surface area contributed by atoms with E-state index in [1.54, 1.807) is 6.20 Å². The molecule has 8 heteroatoms. The molecule has 3 aromatic rings. The highest BCUT2D eigenvalue weighted by Crippen LogP contribution is 2.26. The molecule has 7 nitrogen and oxygen atoms in total. The summed E-state index contributed by atoms with van der Waals surface area (Å²) in [6.45, 7) is 6.48. The number of anilines is 1. The topological polar surface area (TPSA) is 74.2 Å². The largest absolute Gasteiger partial charge is 0.355 e. The number of likely N-dealkylation sites (N-methyl/N-ethyl adjacent to an activating group) is 1. The summed E-state index contributed by atoms with van der Waals surface area (Å²) in [5.41, 5.74) is 2.48. The zero-order chi connectivity index (χ0) is 20.9. The second-order valence-electron chi connectivity index (χ2n) is 7.50. The predicted molar refractivity (Wildman–Crippen MR) is 120 cm³/mol. The number of nitrogens with zero attached hydrogens (tertiary/aromatic N) is 5. The van der Waals surface area contributed by atoms with E-state index in [1.807, 2.05) is 43.5 Å². The van der Waals surface area contributed by atoms with Gasteiger partial charge in [-0.1, -0.05) is 12.1 Å². The maximum Gasteiger partial charge on any atom is 0.263 e. The Morgan fingerprint density at radius 1 is 1.13 bits per heavy atom. The number of carbonyl (C=O) groups excluding carboxylic acids is 1. The van der Waals surface area contributed by atoms with E-state index in [0.29, 0.717) is 11.4 Å². The molecule has 0 spiro atoms. The Bertz CT molecular complexity index is 989. The first-order chi connectivity index (χ1) is 14.6. The van der Waals surface area contributed by atoms with Crippen molar-refractivity contribution in [1.82, 2.24) is 25.2 Å². The Morgan fingerprint density at radius 2 is 2.03 bits per heavy atom. The third kappa shape index (κ3) is 4.83. The molecule has 0 atom stereocenters. The fourth-order valence-corrected chi connectivity index (χ4v) is 4.41. The molecule has 4 heterocycles. The molecule has 156 valence electrons. The predicted octanol–water partition coefficient (Wildman–Crippen LogP) is 2.98. The van der Waals surface area contributed by atoms with Crippen LogP contribution < -0.4 is 10.2 Å². The molecule has 3 aromatic heterocycles. The highest BCUT2D eigenvalue weighted by atomic mass is 32.1. The molecule has 30 heavy (non-hydrogen) atoms. The number of hydrogen-bond donors (Lipinski definition) is 1. The first kappa shape index (κ1) is 20.4. The molecule has 0 bridgehead atoms. The third-order valence-corrected chi connectivity index (χ3v) is 6.37. The lowest BCUT2D eigenvalue weighted by atomic mass is 10.2. The Hall–Kier alpha value is -2.84. The van der Waals surface area contributed by atoms with Crippen LogP contribution in [0, 0.1) is 6.92 Å². The SMILES string of the molecule is Cc1nc(-c2ccccn2)sc1C(=O)NCc1ccc(N2CCCN(C)CC2)nc1. The summed E-state index contributed by atoms with van der Waals surface area (Å²) in [7, 11) is 2.16. The zero-order valence-electron chi connectivity index (χ0n) is 17.3. The Kier molecular flexibility index (Phi) is 6.35. The van der Waals surface area contributed by atoms with E-state index >= 15 is 0 Å². The van der Waals surface area contributed by atoms with Crippen molar-refractivity contribution in [3.8, 4) is 10.7 Å². The second-order valence-corrected chi connectivity index (χ2v) is 8.50. The average molecular weight is 423 g/mol. The minimum absolute atomic E-state index is 0.119. The minimum atomic E-state index is -0.119. The molecule has 0 aromatic carbocycles. The monoisotopic (exact) mass is 422 g/mol. The molecule has 1 amide bonds. The van der Waals surface area contributed by atoms with Crippen LogP contribution in [0.5, 0.6) is 0 Å². The highest BCUT2D eigenvalue weighted by Gasteiger charge is 2.17. The first-order valence-electron chi connectivity index (χ1n) is 10.2. The van der Waals surface area contributed by atoms with Crippen LogP contribution in [0.1, 0.15) is 27.3 Å². The Balaban J connectivity index is 1.37. The molecule has 1 fully saturated rings. The van der Waals surface area contributed by atoms with Gasteiger partial charge in [0.1, 0.15) is 15.7 Å². The number of aryl methyl sites for hydroxylation is 1. The third-order valence-electron chi connectivity index (χ3n) is 5.19. The van der Waals surface area contributed by atoms with E-state index in [9.17, 15) is 4.79 Å². The molecule has 0 unspecified atom stereocenters. The lowest BCUT2D eigenvalue weighted by Crippen LogP contribution is -2.29. The number of pyridine rings is 2. The normalized spacial score (nSPS) is 15.1. The average Bonchev–Trinajstić information content (AvgIpc) is 3.03. The summed E-state index contributed by atoms with van der Waals surface area (Å²) in [5.74, 6) is 0.880. The van der Waals surface area contributed by atoms with E-state index in [1.165, 1.54) is 11.3 Å². The van der Waals surface area contributed by atoms with Crippen LogP contribution in [-0.4, -0.2) is 59.0 Å². The van der Waals surface area contributed by atoms with Gasteiger partial charge in [0.2, 0.25) is 0 Å². The summed E-state index contributed by atoms with van der Waals surface area (Å²) in [6.07, 6.45) is 4.72. The Morgan fingerprint density at radius 3 is 2.80 bits per heavy atom. The van der Waals surface area contributed by atoms with Crippen LogP contribution in [0.25, 0.3) is 10.7 Å². The fourth-order valence-electron chi connectivity index (χ4n) is 3.45. The molecule has 0 saturated carbocycles. The van der Waals surface area contributed by atoms with Gasteiger partial charge < -0.3 is 15.1 Å². The molecule has 4 rings (SSSR count). The molecular formula is C22H26N6OS. The van der Waals surface area contributed by atoms with Crippen molar-refractivity contribution in [3.63, 3.8) is 0 Å². The zero-order valence-corrected chi connectivity index (χ0v) is 18.2. The minimum Gasteiger partial charge on any atom is -0.355 e. The molecule has 0 aliphatic carbocycles. The van der Waals surface area contributed by atoms with Crippen molar-refractivity contribution in [1.29, 1.82) is 0 Å². The van der Waals surface area contributed by atoms with Crippen LogP contribution in [-0.2, 0) is 6.54 Å². The van der Waals surface area contributed by atoms with Crippen molar-refractivity contribution in [2.24, 2.45) is 0 Å². The maximum atomic E-state index is 12.7. The van der Waals surface area contributed by atoms with E-state index < -0.39 is 0 Å². The van der Waals surface area contributed by atoms with Gasteiger partial charge in [0.25, 0.3) is 5.91 Å². The lowest BCUT2D eigenvalue weighted by molar-refractivity contribution is 0.0954. The van der Waals surface area contributed by atoms with Crippen molar-refractivity contribution in [2.45, 2.75) is 19.9 Å². The summed E-state index contributed by atoms with van der Waals surface area (Å²) >= 11 is 1.37. The molecule has 1 aliphatic rings. The summed E-state index contributed by atoms with van der Waals surface area (Å²) in [4.78, 5) is 31.4. The van der Waals surface area contributed by atoms with E-state index in [0.717, 1.165) is 60.4 Å². The van der Waals surface area contributed by atoms with Gasteiger partial charge in [-0.2, -0.15) is 0 Å². The van der Waals surface area contributed by atoms with Gasteiger partial charge in [-0.15, -0.1) is 11.3 Å². The molecule has 1 N–H and O–H groups in total. The van der Waals surface area contributed by atoms with Gasteiger partial charge >= 0.3 is 0 Å². The summed E-state index contributed by atoms with van der Waals surface area (Å²) in [6, 6.07) is 9.76. The number of carbonyl (C=O) groups is 1. The van der Waals surface area contributed by atoms with E-state index in [4.69, 9.17) is 0 Å². The van der Waals surface area contributed by atoms with Gasteiger partial charge in [-0.25, -0.2) is 9.97 Å². The van der Waals surface area contributed by atoms with Crippen LogP contribution in [0.4, 0.5) is 5.82 Å². The lowest BCUT2D eigenvalue weighted by Gasteiger charge is -2.21. The standard InChI is InChI=1S/C22H26N6OS/c1-16-20(30-22(26-16)18-6-3-4-9-23-18)21(29)25-15-17-7-8-19(24-14-17)28-11-5-10-27(2)12-13-28/h3-4,6-9,14H,5,10-13,15H2,1-2H3,(H,25,29). The van der Waals surface area contributed by atoms with Crippen LogP contribution in [0.15, 0.2) is 42.7 Å². The van der Waals surface area contributed by atoms with Crippen LogP contribution >= 0.6 is 11.3 Å². The van der Waals surface area contributed by atoms with Crippen LogP contribution in [0.3, 0.4) is 0 Å². The van der Waals surface area contributed by atoms with E-state index in [2.05, 4.69) is 37.1 Å². The number of aromatic nitrogens is 3. The fraction of sp³-hybridized carbons (Fsp3) is 0.364. The van der Waals surface area contributed by atoms with Gasteiger partial charge in [0.15, 0.2) is 0 Å². The van der Waals surface area contributed by atoms with Gasteiger partial charge in [-0.05, 0) is 50.7 Å². The molecule has 1 saturated heterocycles. The van der Waals surface area contributed by atoms with Gasteiger partial charge in [0, 0.05) is 38.6 Å².